The van der Waals surface area contributed by atoms with E-state index in [9.17, 15) is 9.50 Å². The second-order valence-corrected chi connectivity index (χ2v) is 14.9. The lowest BCUT2D eigenvalue weighted by Gasteiger charge is -2.40. The first kappa shape index (κ1) is 28.1. The Kier molecular flexibility index (Phi) is 10.6. The summed E-state index contributed by atoms with van der Waals surface area (Å²) in [6, 6.07) is 10.7. The van der Waals surface area contributed by atoms with Crippen molar-refractivity contribution in [3.63, 3.8) is 0 Å². The van der Waals surface area contributed by atoms with Gasteiger partial charge in [0, 0.05) is 6.23 Å². The molecule has 0 unspecified atom stereocenters. The molecule has 1 saturated heterocycles. The molecule has 1 aliphatic rings. The van der Waals surface area contributed by atoms with Crippen LogP contribution in [0, 0.1) is 5.82 Å². The first-order valence-corrected chi connectivity index (χ1v) is 16.1. The molecule has 1 aliphatic heterocycles. The van der Waals surface area contributed by atoms with E-state index in [1.807, 2.05) is 38.1 Å². The normalized spacial score (nSPS) is 16.7. The monoisotopic (exact) mass is 568 g/mol. The highest BCUT2D eigenvalue weighted by atomic mass is 79.9. The van der Waals surface area contributed by atoms with Crippen LogP contribution >= 0.6 is 15.9 Å². The van der Waals surface area contributed by atoms with Gasteiger partial charge in [0.05, 0.1) is 29.8 Å². The van der Waals surface area contributed by atoms with E-state index < -0.39 is 13.9 Å². The molecule has 0 saturated carbocycles. The maximum atomic E-state index is 14.6. The maximum Gasteiger partial charge on any atom is 0.181 e. The molecule has 5 nitrogen and oxygen atoms in total. The summed E-state index contributed by atoms with van der Waals surface area (Å²) in [6.07, 6.45) is 8.40. The van der Waals surface area contributed by atoms with Crippen LogP contribution in [0.4, 0.5) is 4.39 Å². The number of aliphatic hydroxyl groups is 1. The molecule has 0 amide bonds. The standard InChI is InChI=1S/C27H38BrFO5Si/c1-4-5-6-7-8-9-14-31-26-13-11-22(16-24(26)29)21-10-12-25(23(28)15-21)32-18-35(17-30)19-33-27(2,3)34-20-35/h10-13,15-16,30H,4-9,14,17-20H2,1-3H3. The molecule has 2 aromatic carbocycles. The van der Waals surface area contributed by atoms with E-state index in [-0.39, 0.29) is 12.0 Å². The Morgan fingerprint density at radius 3 is 2.20 bits per heavy atom. The second kappa shape index (κ2) is 13.2. The molecule has 3 rings (SSSR count). The Labute approximate surface area is 218 Å². The van der Waals surface area contributed by atoms with Gasteiger partial charge in [0.2, 0.25) is 0 Å². The summed E-state index contributed by atoms with van der Waals surface area (Å²) in [4.78, 5) is 0. The third-order valence-electron chi connectivity index (χ3n) is 6.27. The van der Waals surface area contributed by atoms with Crippen LogP contribution in [0.1, 0.15) is 59.3 Å². The number of halogens is 2. The number of ether oxygens (including phenoxy) is 4. The third-order valence-corrected chi connectivity index (χ3v) is 9.83. The molecule has 0 aromatic heterocycles. The lowest BCUT2D eigenvalue weighted by molar-refractivity contribution is -0.210. The van der Waals surface area contributed by atoms with E-state index >= 15 is 0 Å². The Morgan fingerprint density at radius 1 is 0.943 bits per heavy atom. The van der Waals surface area contributed by atoms with Crippen molar-refractivity contribution in [2.45, 2.75) is 65.1 Å². The first-order chi connectivity index (χ1) is 16.8. The van der Waals surface area contributed by atoms with Gasteiger partial charge in [-0.3, -0.25) is 0 Å². The first-order valence-electron chi connectivity index (χ1n) is 12.5. The van der Waals surface area contributed by atoms with Gasteiger partial charge in [0.1, 0.15) is 5.75 Å². The molecular formula is C27H38BrFO5Si. The zero-order chi connectivity index (χ0) is 25.3. The average molecular weight is 570 g/mol. The number of hydrogen-bond donors (Lipinski definition) is 1. The summed E-state index contributed by atoms with van der Waals surface area (Å²) in [5.41, 5.74) is 1.63. The highest BCUT2D eigenvalue weighted by Gasteiger charge is 2.43. The maximum absolute atomic E-state index is 14.6. The molecule has 35 heavy (non-hydrogen) atoms. The van der Waals surface area contributed by atoms with Crippen LogP contribution < -0.4 is 9.47 Å². The molecule has 1 fully saturated rings. The van der Waals surface area contributed by atoms with Crippen molar-refractivity contribution in [3.8, 4) is 22.6 Å². The van der Waals surface area contributed by atoms with Crippen molar-refractivity contribution in [2.75, 3.05) is 31.5 Å². The lowest BCUT2D eigenvalue weighted by Crippen LogP contribution is -2.61. The summed E-state index contributed by atoms with van der Waals surface area (Å²) in [5, 5.41) is 9.98. The van der Waals surface area contributed by atoms with Crippen LogP contribution in [0.5, 0.6) is 11.5 Å². The fourth-order valence-corrected chi connectivity index (χ4v) is 6.63. The number of benzene rings is 2. The van der Waals surface area contributed by atoms with E-state index in [1.165, 1.54) is 31.7 Å². The van der Waals surface area contributed by atoms with E-state index in [0.717, 1.165) is 28.4 Å². The van der Waals surface area contributed by atoms with Gasteiger partial charge in [-0.2, -0.15) is 0 Å². The van der Waals surface area contributed by atoms with Crippen molar-refractivity contribution in [1.82, 2.24) is 0 Å². The van der Waals surface area contributed by atoms with Crippen LogP contribution in [0.15, 0.2) is 40.9 Å². The minimum absolute atomic E-state index is 0.0331. The van der Waals surface area contributed by atoms with E-state index in [0.29, 0.717) is 36.8 Å². The highest BCUT2D eigenvalue weighted by Crippen LogP contribution is 2.33. The van der Waals surface area contributed by atoms with E-state index in [4.69, 9.17) is 18.9 Å². The summed E-state index contributed by atoms with van der Waals surface area (Å²) in [7, 11) is -2.26. The Hall–Kier alpha value is -1.45. The quantitative estimate of drug-likeness (QED) is 0.214. The zero-order valence-electron chi connectivity index (χ0n) is 21.1. The molecule has 194 valence electrons. The van der Waals surface area contributed by atoms with Gasteiger partial charge in [-0.15, -0.1) is 0 Å². The number of unbranched alkanes of at least 4 members (excludes halogenated alkanes) is 5. The number of rotatable bonds is 13. The van der Waals surface area contributed by atoms with Crippen molar-refractivity contribution < 1.29 is 28.4 Å². The molecule has 0 spiro atoms. The van der Waals surface area contributed by atoms with Gasteiger partial charge < -0.3 is 24.1 Å². The van der Waals surface area contributed by atoms with Gasteiger partial charge in [-0.25, -0.2) is 4.39 Å². The van der Waals surface area contributed by atoms with Crippen LogP contribution in [0.2, 0.25) is 0 Å². The van der Waals surface area contributed by atoms with Gasteiger partial charge in [-0.05, 0) is 71.6 Å². The Bertz CT molecular complexity index is 945. The fourth-order valence-electron chi connectivity index (χ4n) is 3.85. The van der Waals surface area contributed by atoms with Crippen LogP contribution in [-0.2, 0) is 9.47 Å². The topological polar surface area (TPSA) is 57.2 Å². The lowest BCUT2D eigenvalue weighted by atomic mass is 10.1. The van der Waals surface area contributed by atoms with E-state index in [1.54, 1.807) is 6.07 Å². The van der Waals surface area contributed by atoms with Crippen LogP contribution in [0.25, 0.3) is 11.1 Å². The molecule has 0 aliphatic carbocycles. The van der Waals surface area contributed by atoms with Crippen LogP contribution in [-0.4, -0.2) is 50.5 Å². The predicted molar refractivity (Wildman–Crippen MR) is 143 cm³/mol. The van der Waals surface area contributed by atoms with Gasteiger partial charge in [0.15, 0.2) is 25.4 Å². The largest absolute Gasteiger partial charge is 0.496 e. The molecule has 8 heteroatoms. The molecule has 1 N–H and O–H groups in total. The SMILES string of the molecule is CCCCCCCCOc1ccc(-c2ccc(OC[Si]3(CO)COC(C)(C)OC3)c(Br)c2)cc1F. The molecule has 1 heterocycles. The number of aliphatic hydroxyl groups excluding tert-OH is 1. The molecular weight excluding hydrogens is 531 g/mol. The Balaban J connectivity index is 1.55. The van der Waals surface area contributed by atoms with E-state index in [2.05, 4.69) is 22.9 Å². The summed E-state index contributed by atoms with van der Waals surface area (Å²) in [5.74, 6) is -0.0298. The summed E-state index contributed by atoms with van der Waals surface area (Å²) < 4.78 is 38.7. The second-order valence-electron chi connectivity index (χ2n) is 9.83. The van der Waals surface area contributed by atoms with Gasteiger partial charge in [0.25, 0.3) is 0 Å². The highest BCUT2D eigenvalue weighted by molar-refractivity contribution is 9.10. The smallest absolute Gasteiger partial charge is 0.181 e. The minimum atomic E-state index is -2.26. The molecule has 0 atom stereocenters. The number of hydrogen-bond acceptors (Lipinski definition) is 5. The van der Waals surface area contributed by atoms with Crippen LogP contribution in [0.3, 0.4) is 0 Å². The van der Waals surface area contributed by atoms with Gasteiger partial charge in [-0.1, -0.05) is 51.2 Å². The zero-order valence-corrected chi connectivity index (χ0v) is 23.7. The fraction of sp³-hybridized carbons (Fsp3) is 0.556. The van der Waals surface area contributed by atoms with Crippen molar-refractivity contribution in [3.05, 3.63) is 46.7 Å². The predicted octanol–water partition coefficient (Wildman–Crippen LogP) is 6.75. The average Bonchev–Trinajstić information content (AvgIpc) is 2.84. The Morgan fingerprint density at radius 2 is 1.57 bits per heavy atom. The summed E-state index contributed by atoms with van der Waals surface area (Å²) >= 11 is 3.57. The van der Waals surface area contributed by atoms with Crippen molar-refractivity contribution >= 4 is 24.0 Å². The molecule has 0 bridgehead atoms. The minimum Gasteiger partial charge on any atom is -0.496 e. The van der Waals surface area contributed by atoms with Gasteiger partial charge >= 0.3 is 0 Å². The van der Waals surface area contributed by atoms with Crippen molar-refractivity contribution in [2.24, 2.45) is 0 Å². The molecule has 0 radical (unpaired) electrons. The van der Waals surface area contributed by atoms with Crippen molar-refractivity contribution in [1.29, 1.82) is 0 Å². The summed E-state index contributed by atoms with van der Waals surface area (Å²) in [6.45, 7) is 6.48. The molecule has 2 aromatic rings. The third kappa shape index (κ3) is 8.28.